The van der Waals surface area contributed by atoms with Crippen LogP contribution in [-0.2, 0) is 6.54 Å². The zero-order chi connectivity index (χ0) is 22.9. The second kappa shape index (κ2) is 8.55. The van der Waals surface area contributed by atoms with Gasteiger partial charge in [0.15, 0.2) is 11.6 Å². The van der Waals surface area contributed by atoms with E-state index in [-0.39, 0.29) is 11.7 Å². The SMILES string of the molecule is COc1ccc2[nH]c(C)c(C(C(=O)c3ccc(Cl)cc3)c3nc(Cn4cccn4)no3)c2c1. The lowest BCUT2D eigenvalue weighted by Crippen LogP contribution is -2.16. The molecule has 0 saturated carbocycles. The number of carbonyl (C=O) groups is 1. The summed E-state index contributed by atoms with van der Waals surface area (Å²) in [4.78, 5) is 21.7. The fraction of sp³-hybridized carbons (Fsp3) is 0.167. The van der Waals surface area contributed by atoms with E-state index in [0.717, 1.165) is 22.2 Å². The van der Waals surface area contributed by atoms with Crippen molar-refractivity contribution in [1.82, 2.24) is 24.9 Å². The number of ketones is 1. The number of aromatic nitrogens is 5. The highest BCUT2D eigenvalue weighted by atomic mass is 35.5. The first-order valence-electron chi connectivity index (χ1n) is 10.3. The molecule has 0 amide bonds. The van der Waals surface area contributed by atoms with Gasteiger partial charge < -0.3 is 14.2 Å². The van der Waals surface area contributed by atoms with Crippen LogP contribution in [0.25, 0.3) is 10.9 Å². The van der Waals surface area contributed by atoms with Gasteiger partial charge in [-0.05, 0) is 55.5 Å². The van der Waals surface area contributed by atoms with Crippen molar-refractivity contribution < 1.29 is 14.1 Å². The minimum absolute atomic E-state index is 0.173. The van der Waals surface area contributed by atoms with Crippen LogP contribution in [0, 0.1) is 6.92 Å². The van der Waals surface area contributed by atoms with Crippen molar-refractivity contribution in [1.29, 1.82) is 0 Å². The van der Waals surface area contributed by atoms with Gasteiger partial charge in [-0.2, -0.15) is 10.1 Å². The van der Waals surface area contributed by atoms with Gasteiger partial charge in [0.05, 0.1) is 7.11 Å². The number of Topliss-reactive ketones (excluding diaryl/α,β-unsaturated/α-hetero) is 1. The summed E-state index contributed by atoms with van der Waals surface area (Å²) in [6.07, 6.45) is 3.49. The third-order valence-electron chi connectivity index (χ3n) is 5.52. The van der Waals surface area contributed by atoms with Crippen LogP contribution in [0.3, 0.4) is 0 Å². The minimum Gasteiger partial charge on any atom is -0.497 e. The number of H-pyrrole nitrogens is 1. The highest BCUT2D eigenvalue weighted by molar-refractivity contribution is 6.30. The molecular weight excluding hydrogens is 442 g/mol. The van der Waals surface area contributed by atoms with Crippen molar-refractivity contribution in [3.8, 4) is 5.75 Å². The first-order valence-corrected chi connectivity index (χ1v) is 10.7. The molecule has 0 spiro atoms. The number of hydrogen-bond acceptors (Lipinski definition) is 6. The van der Waals surface area contributed by atoms with E-state index in [2.05, 4.69) is 20.2 Å². The Morgan fingerprint density at radius 2 is 2.06 bits per heavy atom. The summed E-state index contributed by atoms with van der Waals surface area (Å²) in [7, 11) is 1.61. The molecule has 1 N–H and O–H groups in total. The Morgan fingerprint density at radius 1 is 1.24 bits per heavy atom. The van der Waals surface area contributed by atoms with Gasteiger partial charge in [0.2, 0.25) is 5.89 Å². The number of halogens is 1. The van der Waals surface area contributed by atoms with E-state index in [9.17, 15) is 4.79 Å². The van der Waals surface area contributed by atoms with Crippen LogP contribution in [0.5, 0.6) is 5.75 Å². The van der Waals surface area contributed by atoms with E-state index in [0.29, 0.717) is 28.7 Å². The Kier molecular flexibility index (Phi) is 5.43. The maximum Gasteiger partial charge on any atom is 0.242 e. The van der Waals surface area contributed by atoms with Crippen molar-refractivity contribution in [2.24, 2.45) is 0 Å². The standard InChI is InChI=1S/C24H20ClN5O3/c1-14-21(18-12-17(32-2)8-9-19(18)27-14)22(23(31)15-4-6-16(25)7-5-15)24-28-20(29-33-24)13-30-11-3-10-26-30/h3-12,22,27H,13H2,1-2H3. The number of ether oxygens (including phenoxy) is 1. The Bertz CT molecular complexity index is 1420. The van der Waals surface area contributed by atoms with Crippen LogP contribution in [0.4, 0.5) is 0 Å². The quantitative estimate of drug-likeness (QED) is 0.350. The maximum atomic E-state index is 13.8. The van der Waals surface area contributed by atoms with Gasteiger partial charge in [-0.15, -0.1) is 0 Å². The average molecular weight is 462 g/mol. The molecule has 33 heavy (non-hydrogen) atoms. The summed E-state index contributed by atoms with van der Waals surface area (Å²) in [5.74, 6) is 0.339. The smallest absolute Gasteiger partial charge is 0.242 e. The van der Waals surface area contributed by atoms with Gasteiger partial charge in [-0.3, -0.25) is 9.48 Å². The first kappa shape index (κ1) is 21.0. The molecule has 8 nitrogen and oxygen atoms in total. The van der Waals surface area contributed by atoms with Crippen LogP contribution in [-0.4, -0.2) is 37.8 Å². The number of hydrogen-bond donors (Lipinski definition) is 1. The van der Waals surface area contributed by atoms with Crippen molar-refractivity contribution in [2.45, 2.75) is 19.4 Å². The maximum absolute atomic E-state index is 13.8. The number of nitrogens with zero attached hydrogens (tertiary/aromatic N) is 4. The predicted octanol–water partition coefficient (Wildman–Crippen LogP) is 4.78. The number of benzene rings is 2. The summed E-state index contributed by atoms with van der Waals surface area (Å²) in [5, 5.41) is 9.68. The molecule has 0 radical (unpaired) electrons. The molecule has 2 aromatic carbocycles. The number of fused-ring (bicyclic) bond motifs is 1. The van der Waals surface area contributed by atoms with Crippen LogP contribution < -0.4 is 4.74 Å². The lowest BCUT2D eigenvalue weighted by atomic mass is 9.88. The van der Waals surface area contributed by atoms with Crippen LogP contribution >= 0.6 is 11.6 Å². The number of carbonyl (C=O) groups excluding carboxylic acids is 1. The Morgan fingerprint density at radius 3 is 2.79 bits per heavy atom. The molecule has 0 aliphatic heterocycles. The molecular formula is C24H20ClN5O3. The molecule has 5 rings (SSSR count). The topological polar surface area (TPSA) is 98.8 Å². The van der Waals surface area contributed by atoms with Crippen molar-refractivity contribution in [3.05, 3.63) is 94.5 Å². The summed E-state index contributed by atoms with van der Waals surface area (Å²) >= 11 is 6.04. The van der Waals surface area contributed by atoms with E-state index in [1.165, 1.54) is 0 Å². The number of aryl methyl sites for hydroxylation is 1. The molecule has 166 valence electrons. The van der Waals surface area contributed by atoms with E-state index in [1.807, 2.05) is 37.4 Å². The van der Waals surface area contributed by atoms with Crippen LogP contribution in [0.2, 0.25) is 5.02 Å². The Labute approximate surface area is 194 Å². The molecule has 0 saturated heterocycles. The average Bonchev–Trinajstić information content (AvgIpc) is 3.56. The fourth-order valence-corrected chi connectivity index (χ4v) is 4.09. The lowest BCUT2D eigenvalue weighted by molar-refractivity contribution is 0.0961. The number of nitrogens with one attached hydrogen (secondary N) is 1. The van der Waals surface area contributed by atoms with Gasteiger partial charge in [-0.1, -0.05) is 16.8 Å². The Hall–Kier alpha value is -3.91. The summed E-state index contributed by atoms with van der Waals surface area (Å²) in [6, 6.07) is 14.3. The molecule has 1 unspecified atom stereocenters. The number of aromatic amines is 1. The highest BCUT2D eigenvalue weighted by Crippen LogP contribution is 2.37. The predicted molar refractivity (Wildman–Crippen MR) is 123 cm³/mol. The van der Waals surface area contributed by atoms with Gasteiger partial charge in [0.25, 0.3) is 0 Å². The molecule has 0 aliphatic rings. The van der Waals surface area contributed by atoms with Gasteiger partial charge in [0, 0.05) is 45.1 Å². The van der Waals surface area contributed by atoms with Gasteiger partial charge in [-0.25, -0.2) is 0 Å². The monoisotopic (exact) mass is 461 g/mol. The number of methoxy groups -OCH3 is 1. The van der Waals surface area contributed by atoms with Crippen molar-refractivity contribution in [2.75, 3.05) is 7.11 Å². The molecule has 0 fully saturated rings. The number of rotatable bonds is 7. The minimum atomic E-state index is -0.814. The molecule has 3 aromatic heterocycles. The molecule has 3 heterocycles. The summed E-state index contributed by atoms with van der Waals surface area (Å²) < 4.78 is 12.7. The van der Waals surface area contributed by atoms with Crippen LogP contribution in [0.15, 0.2) is 65.4 Å². The third kappa shape index (κ3) is 4.01. The lowest BCUT2D eigenvalue weighted by Gasteiger charge is -2.13. The van der Waals surface area contributed by atoms with E-state index in [4.69, 9.17) is 20.9 Å². The highest BCUT2D eigenvalue weighted by Gasteiger charge is 2.33. The zero-order valence-electron chi connectivity index (χ0n) is 17.9. The van der Waals surface area contributed by atoms with E-state index >= 15 is 0 Å². The molecule has 1 atom stereocenters. The van der Waals surface area contributed by atoms with E-state index in [1.54, 1.807) is 42.3 Å². The molecule has 0 bridgehead atoms. The normalized spacial score (nSPS) is 12.2. The second-order valence-electron chi connectivity index (χ2n) is 7.63. The third-order valence-corrected chi connectivity index (χ3v) is 5.77. The largest absolute Gasteiger partial charge is 0.497 e. The van der Waals surface area contributed by atoms with Crippen molar-refractivity contribution in [3.63, 3.8) is 0 Å². The van der Waals surface area contributed by atoms with E-state index < -0.39 is 5.92 Å². The molecule has 0 aliphatic carbocycles. The second-order valence-corrected chi connectivity index (χ2v) is 8.07. The van der Waals surface area contributed by atoms with Gasteiger partial charge >= 0.3 is 0 Å². The summed E-state index contributed by atoms with van der Waals surface area (Å²) in [6.45, 7) is 2.25. The van der Waals surface area contributed by atoms with Crippen LogP contribution in [0.1, 0.15) is 39.2 Å². The van der Waals surface area contributed by atoms with Gasteiger partial charge in [0.1, 0.15) is 18.2 Å². The Balaban J connectivity index is 1.64. The van der Waals surface area contributed by atoms with Crippen molar-refractivity contribution >= 4 is 28.3 Å². The summed E-state index contributed by atoms with van der Waals surface area (Å²) in [5.41, 5.74) is 2.97. The first-order chi connectivity index (χ1) is 16.0. The molecule has 9 heteroatoms. The molecule has 5 aromatic rings. The fourth-order valence-electron chi connectivity index (χ4n) is 3.96. The zero-order valence-corrected chi connectivity index (χ0v) is 18.7.